The number of thiazole rings is 1. The van der Waals surface area contributed by atoms with Gasteiger partial charge in [0.1, 0.15) is 0 Å². The fourth-order valence-corrected chi connectivity index (χ4v) is 7.67. The van der Waals surface area contributed by atoms with E-state index in [0.717, 1.165) is 37.3 Å². The Bertz CT molecular complexity index is 596. The molecule has 0 radical (unpaired) electrons. The van der Waals surface area contributed by atoms with Gasteiger partial charge in [0.25, 0.3) is 0 Å². The van der Waals surface area contributed by atoms with Crippen LogP contribution in [0.25, 0.3) is 0 Å². The lowest BCUT2D eigenvalue weighted by molar-refractivity contribution is -0.00711. The monoisotopic (exact) mass is 362 g/mol. The van der Waals surface area contributed by atoms with Gasteiger partial charge < -0.3 is 10.2 Å². The maximum atomic E-state index is 10.2. The lowest BCUT2D eigenvalue weighted by Crippen LogP contribution is -2.48. The van der Waals surface area contributed by atoms with Crippen molar-refractivity contribution in [2.24, 2.45) is 23.7 Å². The third-order valence-corrected chi connectivity index (χ3v) is 8.61. The van der Waals surface area contributed by atoms with Gasteiger partial charge in [0.05, 0.1) is 16.8 Å². The first-order valence-electron chi connectivity index (χ1n) is 10.1. The van der Waals surface area contributed by atoms with Gasteiger partial charge in [0.2, 0.25) is 0 Å². The number of aliphatic hydroxyl groups excluding tert-OH is 2. The van der Waals surface area contributed by atoms with Crippen molar-refractivity contribution in [2.75, 3.05) is 19.7 Å². The summed E-state index contributed by atoms with van der Waals surface area (Å²) in [6.07, 6.45) is 9.06. The van der Waals surface area contributed by atoms with Crippen LogP contribution in [-0.2, 0) is 12.0 Å². The van der Waals surface area contributed by atoms with Gasteiger partial charge in [-0.25, -0.2) is 4.98 Å². The minimum Gasteiger partial charge on any atom is -0.396 e. The van der Waals surface area contributed by atoms with Gasteiger partial charge in [-0.3, -0.25) is 4.90 Å². The summed E-state index contributed by atoms with van der Waals surface area (Å²) in [4.78, 5) is 7.41. The Morgan fingerprint density at radius 3 is 2.44 bits per heavy atom. The third-order valence-electron chi connectivity index (χ3n) is 7.47. The van der Waals surface area contributed by atoms with Crippen LogP contribution >= 0.6 is 11.3 Å². The average Bonchev–Trinajstić information content (AvgIpc) is 3.03. The summed E-state index contributed by atoms with van der Waals surface area (Å²) >= 11 is 1.89. The van der Waals surface area contributed by atoms with Crippen molar-refractivity contribution in [2.45, 2.75) is 63.0 Å². The van der Waals surface area contributed by atoms with E-state index in [2.05, 4.69) is 10.3 Å². The molecule has 2 N–H and O–H groups in total. The first kappa shape index (κ1) is 16.7. The number of rotatable bonds is 4. The normalized spacial score (nSPS) is 43.7. The van der Waals surface area contributed by atoms with Crippen LogP contribution in [-0.4, -0.2) is 45.9 Å². The second kappa shape index (κ2) is 6.29. The number of β-amino-alcohol motifs (C(OH)–C–C–N with tert-alkyl or cyclic N) is 1. The first-order valence-corrected chi connectivity index (χ1v) is 11.0. The molecule has 4 saturated carbocycles. The summed E-state index contributed by atoms with van der Waals surface area (Å²) in [5.74, 6) is 2.94. The number of aromatic nitrogens is 1. The van der Waals surface area contributed by atoms with Gasteiger partial charge in [0, 0.05) is 36.4 Å². The predicted molar refractivity (Wildman–Crippen MR) is 98.4 cm³/mol. The van der Waals surface area contributed by atoms with E-state index >= 15 is 0 Å². The summed E-state index contributed by atoms with van der Waals surface area (Å²) in [5, 5.41) is 23.1. The molecule has 0 aromatic carbocycles. The van der Waals surface area contributed by atoms with Gasteiger partial charge >= 0.3 is 0 Å². The van der Waals surface area contributed by atoms with Crippen LogP contribution in [0.1, 0.15) is 55.6 Å². The average molecular weight is 363 g/mol. The molecule has 4 aliphatic carbocycles. The Hall–Kier alpha value is -0.490. The zero-order chi connectivity index (χ0) is 17.0. The Balaban J connectivity index is 1.28. The van der Waals surface area contributed by atoms with Crippen LogP contribution in [0.15, 0.2) is 5.38 Å². The van der Waals surface area contributed by atoms with Crippen LogP contribution in [0.3, 0.4) is 0 Å². The van der Waals surface area contributed by atoms with E-state index in [9.17, 15) is 10.2 Å². The predicted octanol–water partition coefficient (Wildman–Crippen LogP) is 2.79. The number of aliphatic hydroxyl groups is 2. The van der Waals surface area contributed by atoms with Crippen molar-refractivity contribution in [1.82, 2.24) is 9.88 Å². The quantitative estimate of drug-likeness (QED) is 0.865. The maximum absolute atomic E-state index is 10.2. The molecule has 138 valence electrons. The highest BCUT2D eigenvalue weighted by Crippen LogP contribution is 2.61. The summed E-state index contributed by atoms with van der Waals surface area (Å²) in [6, 6.07) is 0. The van der Waals surface area contributed by atoms with E-state index < -0.39 is 6.10 Å². The van der Waals surface area contributed by atoms with Crippen molar-refractivity contribution in [3.8, 4) is 0 Å². The largest absolute Gasteiger partial charge is 0.396 e. The second-order valence-electron chi connectivity index (χ2n) is 9.38. The number of hydrogen-bond donors (Lipinski definition) is 2. The Morgan fingerprint density at radius 2 is 1.84 bits per heavy atom. The lowest BCUT2D eigenvalue weighted by Gasteiger charge is -2.56. The molecule has 0 spiro atoms. The molecule has 1 aliphatic heterocycles. The minimum absolute atomic E-state index is 0.0503. The zero-order valence-corrected chi connectivity index (χ0v) is 15.8. The fraction of sp³-hybridized carbons (Fsp3) is 0.850. The van der Waals surface area contributed by atoms with E-state index in [1.807, 2.05) is 11.3 Å². The van der Waals surface area contributed by atoms with Crippen molar-refractivity contribution in [1.29, 1.82) is 0 Å². The summed E-state index contributed by atoms with van der Waals surface area (Å²) < 4.78 is 0. The topological polar surface area (TPSA) is 56.6 Å². The molecule has 1 aromatic heterocycles. The van der Waals surface area contributed by atoms with E-state index in [-0.39, 0.29) is 12.5 Å². The molecule has 4 nitrogen and oxygen atoms in total. The SMILES string of the molecule is OC[C@H]1CCN(Cc2csc(C34CC5CC(CC(C5)C3)C4)n2)C[C@H]1O. The number of hydrogen-bond acceptors (Lipinski definition) is 5. The van der Waals surface area contributed by atoms with Crippen LogP contribution in [0, 0.1) is 23.7 Å². The van der Waals surface area contributed by atoms with E-state index in [4.69, 9.17) is 4.98 Å². The van der Waals surface area contributed by atoms with Gasteiger partial charge in [-0.15, -0.1) is 11.3 Å². The highest BCUT2D eigenvalue weighted by atomic mass is 32.1. The zero-order valence-electron chi connectivity index (χ0n) is 14.9. The van der Waals surface area contributed by atoms with Gasteiger partial charge in [-0.05, 0) is 69.2 Å². The molecule has 5 heteroatoms. The molecular weight excluding hydrogens is 332 g/mol. The third kappa shape index (κ3) is 2.97. The molecule has 0 amide bonds. The number of nitrogens with zero attached hydrogens (tertiary/aromatic N) is 2. The highest BCUT2D eigenvalue weighted by molar-refractivity contribution is 7.09. The maximum Gasteiger partial charge on any atom is 0.0991 e. The number of piperidine rings is 1. The van der Waals surface area contributed by atoms with Crippen LogP contribution in [0.2, 0.25) is 0 Å². The molecule has 1 saturated heterocycles. The second-order valence-corrected chi connectivity index (χ2v) is 10.2. The van der Waals surface area contributed by atoms with Crippen molar-refractivity contribution < 1.29 is 10.2 Å². The Morgan fingerprint density at radius 1 is 1.16 bits per heavy atom. The highest BCUT2D eigenvalue weighted by Gasteiger charge is 2.52. The van der Waals surface area contributed by atoms with Gasteiger partial charge in [0.15, 0.2) is 0 Å². The minimum atomic E-state index is -0.403. The summed E-state index contributed by atoms with van der Waals surface area (Å²) in [5.41, 5.74) is 1.59. The molecule has 2 heterocycles. The fourth-order valence-electron chi connectivity index (χ4n) is 6.63. The molecular formula is C20H30N2O2S. The van der Waals surface area contributed by atoms with Crippen LogP contribution in [0.5, 0.6) is 0 Å². The molecule has 25 heavy (non-hydrogen) atoms. The standard InChI is InChI=1S/C20H30N2O2S/c23-11-16-1-2-22(10-18(16)24)9-17-12-25-19(21-17)20-6-13-3-14(7-20)5-15(4-13)8-20/h12-16,18,23-24H,1-11H2/t13?,14?,15?,16-,18-,20?/m1/s1. The number of likely N-dealkylation sites (tertiary alicyclic amines) is 1. The van der Waals surface area contributed by atoms with Gasteiger partial charge in [-0.1, -0.05) is 0 Å². The molecule has 6 rings (SSSR count). The molecule has 5 fully saturated rings. The Kier molecular flexibility index (Phi) is 4.20. The molecule has 4 bridgehead atoms. The molecule has 1 aromatic rings. The lowest BCUT2D eigenvalue weighted by atomic mass is 9.50. The smallest absolute Gasteiger partial charge is 0.0991 e. The van der Waals surface area contributed by atoms with Crippen molar-refractivity contribution in [3.63, 3.8) is 0 Å². The summed E-state index contributed by atoms with van der Waals surface area (Å²) in [7, 11) is 0. The van der Waals surface area contributed by atoms with Crippen molar-refractivity contribution >= 4 is 11.3 Å². The van der Waals surface area contributed by atoms with E-state index in [1.54, 1.807) is 0 Å². The first-order chi connectivity index (χ1) is 12.1. The van der Waals surface area contributed by atoms with Crippen LogP contribution in [0.4, 0.5) is 0 Å². The Labute approximate surface area is 154 Å². The van der Waals surface area contributed by atoms with Crippen molar-refractivity contribution in [3.05, 3.63) is 16.1 Å². The molecule has 2 atom stereocenters. The molecule has 5 aliphatic rings. The summed E-state index contributed by atoms with van der Waals surface area (Å²) in [6.45, 7) is 2.56. The van der Waals surface area contributed by atoms with E-state index in [1.165, 1.54) is 49.2 Å². The van der Waals surface area contributed by atoms with Gasteiger partial charge in [-0.2, -0.15) is 0 Å². The molecule has 0 unspecified atom stereocenters. The van der Waals surface area contributed by atoms with E-state index in [0.29, 0.717) is 12.0 Å². The van der Waals surface area contributed by atoms with Crippen LogP contribution < -0.4 is 0 Å².